The molecule has 1 aliphatic heterocycles. The highest BCUT2D eigenvalue weighted by Gasteiger charge is 2.15. The van der Waals surface area contributed by atoms with Crippen LogP contribution in [0.15, 0.2) is 36.5 Å². The first kappa shape index (κ1) is 18.5. The maximum atomic E-state index is 12.5. The number of para-hydroxylation sites is 1. The molecular weight excluding hydrogens is 350 g/mol. The van der Waals surface area contributed by atoms with Crippen molar-refractivity contribution in [2.75, 3.05) is 18.0 Å². The lowest BCUT2D eigenvalue weighted by Crippen LogP contribution is -2.32. The fourth-order valence-electron chi connectivity index (χ4n) is 3.93. The number of piperidine rings is 1. The Labute approximate surface area is 165 Å². The average molecular weight is 377 g/mol. The Balaban J connectivity index is 1.42. The molecule has 1 fully saturated rings. The molecule has 1 amide bonds. The Hall–Kier alpha value is -2.89. The monoisotopic (exact) mass is 377 g/mol. The molecular formula is C22H27N5O. The highest BCUT2D eigenvalue weighted by atomic mass is 16.1. The summed E-state index contributed by atoms with van der Waals surface area (Å²) >= 11 is 0. The van der Waals surface area contributed by atoms with Crippen LogP contribution in [0.5, 0.6) is 0 Å². The quantitative estimate of drug-likeness (QED) is 0.742. The van der Waals surface area contributed by atoms with Crippen LogP contribution in [-0.4, -0.2) is 33.5 Å². The first-order chi connectivity index (χ1) is 13.6. The molecule has 0 atom stereocenters. The molecule has 0 saturated carbocycles. The molecule has 28 heavy (non-hydrogen) atoms. The van der Waals surface area contributed by atoms with Crippen molar-refractivity contribution >= 4 is 22.8 Å². The number of rotatable bonds is 5. The molecule has 6 heteroatoms. The fourth-order valence-corrected chi connectivity index (χ4v) is 3.93. The van der Waals surface area contributed by atoms with Crippen molar-refractivity contribution in [3.63, 3.8) is 0 Å². The standard InChI is InChI=1S/C22H27N5O/c1-16-12-18(25-22(24-16)27-10-6-3-7-11-27)14-23-21(28)13-17-15-26(2)20-9-5-4-8-19(17)20/h4-5,8-9,12,15H,3,6-7,10-11,13-14H2,1-2H3,(H,23,28). The maximum Gasteiger partial charge on any atom is 0.225 e. The summed E-state index contributed by atoms with van der Waals surface area (Å²) in [6, 6.07) is 10.1. The molecule has 3 heterocycles. The van der Waals surface area contributed by atoms with Crippen molar-refractivity contribution in [1.82, 2.24) is 19.9 Å². The van der Waals surface area contributed by atoms with Crippen LogP contribution in [0.3, 0.4) is 0 Å². The minimum Gasteiger partial charge on any atom is -0.350 e. The van der Waals surface area contributed by atoms with E-state index in [2.05, 4.69) is 36.9 Å². The van der Waals surface area contributed by atoms with E-state index in [-0.39, 0.29) is 5.91 Å². The van der Waals surface area contributed by atoms with Gasteiger partial charge in [-0.25, -0.2) is 9.97 Å². The van der Waals surface area contributed by atoms with Gasteiger partial charge in [0.2, 0.25) is 11.9 Å². The van der Waals surface area contributed by atoms with Crippen LogP contribution in [0.2, 0.25) is 0 Å². The summed E-state index contributed by atoms with van der Waals surface area (Å²) in [5.74, 6) is 0.796. The van der Waals surface area contributed by atoms with Crippen molar-refractivity contribution in [3.05, 3.63) is 53.5 Å². The predicted octanol–water partition coefficient (Wildman–Crippen LogP) is 3.13. The number of hydrogen-bond donors (Lipinski definition) is 1. The lowest BCUT2D eigenvalue weighted by Gasteiger charge is -2.27. The van der Waals surface area contributed by atoms with Crippen LogP contribution in [0.25, 0.3) is 10.9 Å². The third kappa shape index (κ3) is 4.01. The molecule has 1 saturated heterocycles. The van der Waals surface area contributed by atoms with Gasteiger partial charge in [-0.2, -0.15) is 0 Å². The minimum atomic E-state index is 0.00661. The number of fused-ring (bicyclic) bond motifs is 1. The molecule has 4 rings (SSSR count). The second kappa shape index (κ2) is 8.00. The minimum absolute atomic E-state index is 0.00661. The van der Waals surface area contributed by atoms with E-state index in [1.54, 1.807) is 0 Å². The average Bonchev–Trinajstić information content (AvgIpc) is 3.02. The van der Waals surface area contributed by atoms with E-state index in [1.807, 2.05) is 38.4 Å². The molecule has 0 unspecified atom stereocenters. The van der Waals surface area contributed by atoms with Gasteiger partial charge >= 0.3 is 0 Å². The summed E-state index contributed by atoms with van der Waals surface area (Å²) in [5, 5.41) is 4.15. The molecule has 6 nitrogen and oxygen atoms in total. The van der Waals surface area contributed by atoms with E-state index < -0.39 is 0 Å². The second-order valence-corrected chi connectivity index (χ2v) is 7.58. The smallest absolute Gasteiger partial charge is 0.225 e. The van der Waals surface area contributed by atoms with Gasteiger partial charge in [0.15, 0.2) is 0 Å². The van der Waals surface area contributed by atoms with E-state index in [0.717, 1.165) is 46.9 Å². The third-order valence-corrected chi connectivity index (χ3v) is 5.33. The molecule has 0 radical (unpaired) electrons. The van der Waals surface area contributed by atoms with Crippen molar-refractivity contribution in [3.8, 4) is 0 Å². The van der Waals surface area contributed by atoms with Crippen molar-refractivity contribution in [1.29, 1.82) is 0 Å². The highest BCUT2D eigenvalue weighted by molar-refractivity contribution is 5.89. The Morgan fingerprint density at radius 1 is 1.14 bits per heavy atom. The maximum absolute atomic E-state index is 12.5. The fraction of sp³-hybridized carbons (Fsp3) is 0.409. The summed E-state index contributed by atoms with van der Waals surface area (Å²) in [6.07, 6.45) is 6.06. The zero-order chi connectivity index (χ0) is 19.5. The first-order valence-electron chi connectivity index (χ1n) is 9.99. The molecule has 0 aliphatic carbocycles. The molecule has 3 aromatic rings. The van der Waals surface area contributed by atoms with Gasteiger partial charge in [-0.1, -0.05) is 18.2 Å². The van der Waals surface area contributed by atoms with Crippen LogP contribution in [0.4, 0.5) is 5.95 Å². The Kier molecular flexibility index (Phi) is 5.28. The van der Waals surface area contributed by atoms with Crippen molar-refractivity contribution in [2.24, 2.45) is 7.05 Å². The molecule has 2 aromatic heterocycles. The van der Waals surface area contributed by atoms with Gasteiger partial charge in [0, 0.05) is 42.9 Å². The van der Waals surface area contributed by atoms with E-state index in [4.69, 9.17) is 0 Å². The number of nitrogens with zero attached hydrogens (tertiary/aromatic N) is 4. The summed E-state index contributed by atoms with van der Waals surface area (Å²) < 4.78 is 2.07. The van der Waals surface area contributed by atoms with E-state index in [0.29, 0.717) is 13.0 Å². The van der Waals surface area contributed by atoms with Crippen LogP contribution in [-0.2, 0) is 24.8 Å². The number of carbonyl (C=O) groups is 1. The van der Waals surface area contributed by atoms with Gasteiger partial charge in [-0.05, 0) is 43.9 Å². The van der Waals surface area contributed by atoms with Gasteiger partial charge < -0.3 is 14.8 Å². The van der Waals surface area contributed by atoms with Crippen LogP contribution in [0.1, 0.15) is 36.2 Å². The number of benzene rings is 1. The highest BCUT2D eigenvalue weighted by Crippen LogP contribution is 2.21. The Morgan fingerprint density at radius 2 is 1.93 bits per heavy atom. The lowest BCUT2D eigenvalue weighted by atomic mass is 10.1. The van der Waals surface area contributed by atoms with Crippen molar-refractivity contribution in [2.45, 2.75) is 39.2 Å². The summed E-state index contributed by atoms with van der Waals surface area (Å²) in [6.45, 7) is 4.43. The molecule has 0 bridgehead atoms. The molecule has 1 aliphatic rings. The number of aromatic nitrogens is 3. The Bertz CT molecular complexity index is 988. The summed E-state index contributed by atoms with van der Waals surface area (Å²) in [7, 11) is 2.01. The van der Waals surface area contributed by atoms with E-state index in [1.165, 1.54) is 19.3 Å². The van der Waals surface area contributed by atoms with Gasteiger partial charge in [0.25, 0.3) is 0 Å². The second-order valence-electron chi connectivity index (χ2n) is 7.58. The van der Waals surface area contributed by atoms with Gasteiger partial charge in [-0.3, -0.25) is 4.79 Å². The topological polar surface area (TPSA) is 63.1 Å². The number of amides is 1. The lowest BCUT2D eigenvalue weighted by molar-refractivity contribution is -0.120. The summed E-state index contributed by atoms with van der Waals surface area (Å²) in [5.41, 5.74) is 3.99. The molecule has 146 valence electrons. The first-order valence-corrected chi connectivity index (χ1v) is 9.99. The van der Waals surface area contributed by atoms with Crippen LogP contribution >= 0.6 is 0 Å². The van der Waals surface area contributed by atoms with Crippen LogP contribution in [0, 0.1) is 6.92 Å². The largest absolute Gasteiger partial charge is 0.350 e. The zero-order valence-corrected chi connectivity index (χ0v) is 16.6. The van der Waals surface area contributed by atoms with Gasteiger partial charge in [0.05, 0.1) is 18.7 Å². The SMILES string of the molecule is Cc1cc(CNC(=O)Cc2cn(C)c3ccccc23)nc(N2CCCCC2)n1. The molecule has 1 N–H and O–H groups in total. The predicted molar refractivity (Wildman–Crippen MR) is 111 cm³/mol. The number of nitrogens with one attached hydrogen (secondary N) is 1. The van der Waals surface area contributed by atoms with E-state index >= 15 is 0 Å². The zero-order valence-electron chi connectivity index (χ0n) is 16.6. The third-order valence-electron chi connectivity index (χ3n) is 5.33. The number of carbonyl (C=O) groups excluding carboxylic acids is 1. The normalized spacial score (nSPS) is 14.4. The van der Waals surface area contributed by atoms with Crippen molar-refractivity contribution < 1.29 is 4.79 Å². The Morgan fingerprint density at radius 3 is 2.75 bits per heavy atom. The van der Waals surface area contributed by atoms with Gasteiger partial charge in [-0.15, -0.1) is 0 Å². The molecule has 1 aromatic carbocycles. The van der Waals surface area contributed by atoms with Crippen LogP contribution < -0.4 is 10.2 Å². The number of anilines is 1. The van der Waals surface area contributed by atoms with E-state index in [9.17, 15) is 4.79 Å². The molecule has 0 spiro atoms. The number of hydrogen-bond acceptors (Lipinski definition) is 4. The summed E-state index contributed by atoms with van der Waals surface area (Å²) in [4.78, 5) is 24.1. The van der Waals surface area contributed by atoms with Gasteiger partial charge in [0.1, 0.15) is 0 Å². The number of aryl methyl sites for hydroxylation is 2.